The molecule has 0 amide bonds. The van der Waals surface area contributed by atoms with Gasteiger partial charge in [-0.25, -0.2) is 9.37 Å². The number of nitrogens with zero attached hydrogens (tertiary/aromatic N) is 6. The molecule has 3 heterocycles. The minimum absolute atomic E-state index is 0.00116. The van der Waals surface area contributed by atoms with Crippen molar-refractivity contribution >= 4 is 16.9 Å². The molecule has 2 aromatic heterocycles. The van der Waals surface area contributed by atoms with Gasteiger partial charge in [0.05, 0.1) is 28.7 Å². The van der Waals surface area contributed by atoms with Gasteiger partial charge in [-0.15, -0.1) is 5.10 Å². The van der Waals surface area contributed by atoms with Gasteiger partial charge in [-0.05, 0) is 50.6 Å². The van der Waals surface area contributed by atoms with Crippen LogP contribution in [0.25, 0.3) is 33.5 Å². The number of H-pyrrole nitrogens is 1. The van der Waals surface area contributed by atoms with Crippen molar-refractivity contribution in [3.05, 3.63) is 53.5 Å². The summed E-state index contributed by atoms with van der Waals surface area (Å²) >= 11 is 0. The third kappa shape index (κ3) is 3.79. The average molecular weight is 443 g/mol. The molecule has 1 saturated heterocycles. The quantitative estimate of drug-likeness (QED) is 0.497. The maximum Gasteiger partial charge on any atom is 0.147 e. The van der Waals surface area contributed by atoms with E-state index in [1.807, 2.05) is 32.2 Å². The molecule has 0 spiro atoms. The highest BCUT2D eigenvalue weighted by atomic mass is 19.1. The van der Waals surface area contributed by atoms with E-state index in [-0.39, 0.29) is 5.56 Å². The molecule has 1 fully saturated rings. The van der Waals surface area contributed by atoms with Gasteiger partial charge in [0, 0.05) is 30.3 Å². The van der Waals surface area contributed by atoms with Gasteiger partial charge in [-0.3, -0.25) is 10.1 Å². The lowest BCUT2D eigenvalue weighted by atomic mass is 9.98. The molecule has 0 unspecified atom stereocenters. The summed E-state index contributed by atoms with van der Waals surface area (Å²) in [5.41, 5.74) is 5.12. The molecule has 0 bridgehead atoms. The molecule has 5 rings (SSSR count). The molecule has 166 valence electrons. The lowest BCUT2D eigenvalue weighted by Crippen LogP contribution is -2.41. The highest BCUT2D eigenvalue weighted by Gasteiger charge is 2.22. The third-order valence-electron chi connectivity index (χ3n) is 6.36. The molecule has 2 aromatic carbocycles. The SMILES string of the molecule is CNC1CCN(c2cnc(-c3ccc4[nH]nnc4c3C)c(-c3ccc(C#N)c(F)c3)n2)CC1. The zero-order chi connectivity index (χ0) is 22.9. The van der Waals surface area contributed by atoms with Gasteiger partial charge in [-0.2, -0.15) is 5.26 Å². The Balaban J connectivity index is 1.64. The van der Waals surface area contributed by atoms with Gasteiger partial charge >= 0.3 is 0 Å². The number of anilines is 1. The van der Waals surface area contributed by atoms with E-state index >= 15 is 0 Å². The van der Waals surface area contributed by atoms with Crippen LogP contribution in [-0.2, 0) is 0 Å². The van der Waals surface area contributed by atoms with E-state index in [1.165, 1.54) is 12.1 Å². The second-order valence-electron chi connectivity index (χ2n) is 8.23. The Hall–Kier alpha value is -3.90. The minimum atomic E-state index is -0.577. The van der Waals surface area contributed by atoms with E-state index in [0.29, 0.717) is 23.0 Å². The van der Waals surface area contributed by atoms with Crippen LogP contribution in [-0.4, -0.2) is 51.6 Å². The topological polar surface area (TPSA) is 106 Å². The number of nitrogens with one attached hydrogen (secondary N) is 2. The summed E-state index contributed by atoms with van der Waals surface area (Å²) in [7, 11) is 1.99. The lowest BCUT2D eigenvalue weighted by molar-refractivity contribution is 0.440. The molecule has 0 radical (unpaired) electrons. The van der Waals surface area contributed by atoms with Crippen molar-refractivity contribution in [3.63, 3.8) is 0 Å². The fourth-order valence-electron chi connectivity index (χ4n) is 4.39. The van der Waals surface area contributed by atoms with Crippen LogP contribution in [0.2, 0.25) is 0 Å². The average Bonchev–Trinajstić information content (AvgIpc) is 3.34. The molecule has 1 aliphatic rings. The van der Waals surface area contributed by atoms with E-state index in [1.54, 1.807) is 12.3 Å². The van der Waals surface area contributed by atoms with Crippen LogP contribution in [0.5, 0.6) is 0 Å². The van der Waals surface area contributed by atoms with Crippen LogP contribution >= 0.6 is 0 Å². The maximum absolute atomic E-state index is 14.5. The molecule has 0 saturated carbocycles. The van der Waals surface area contributed by atoms with Gasteiger partial charge < -0.3 is 10.2 Å². The number of aryl methyl sites for hydroxylation is 1. The molecular weight excluding hydrogens is 419 g/mol. The Labute approximate surface area is 190 Å². The van der Waals surface area contributed by atoms with Gasteiger partial charge in [0.1, 0.15) is 23.2 Å². The number of piperidine rings is 1. The summed E-state index contributed by atoms with van der Waals surface area (Å²) in [5.74, 6) is 0.180. The summed E-state index contributed by atoms with van der Waals surface area (Å²) in [6.07, 6.45) is 3.82. The summed E-state index contributed by atoms with van der Waals surface area (Å²) in [6.45, 7) is 3.69. The molecular formula is C24H23FN8. The van der Waals surface area contributed by atoms with Crippen molar-refractivity contribution in [1.29, 1.82) is 5.26 Å². The van der Waals surface area contributed by atoms with E-state index in [9.17, 15) is 4.39 Å². The normalized spacial score (nSPS) is 14.5. The fourth-order valence-corrected chi connectivity index (χ4v) is 4.39. The maximum atomic E-state index is 14.5. The van der Waals surface area contributed by atoms with Crippen LogP contribution in [0.1, 0.15) is 24.0 Å². The second kappa shape index (κ2) is 8.56. The molecule has 2 N–H and O–H groups in total. The van der Waals surface area contributed by atoms with E-state index in [4.69, 9.17) is 15.2 Å². The van der Waals surface area contributed by atoms with Crippen molar-refractivity contribution in [2.45, 2.75) is 25.8 Å². The highest BCUT2D eigenvalue weighted by molar-refractivity contribution is 5.89. The van der Waals surface area contributed by atoms with E-state index in [2.05, 4.69) is 25.6 Å². The number of nitriles is 1. The number of halogens is 1. The molecule has 4 aromatic rings. The Morgan fingerprint density at radius 2 is 2.00 bits per heavy atom. The fraction of sp³-hybridized carbons (Fsp3) is 0.292. The van der Waals surface area contributed by atoms with Crippen molar-refractivity contribution in [1.82, 2.24) is 30.7 Å². The monoisotopic (exact) mass is 442 g/mol. The first-order valence-electron chi connectivity index (χ1n) is 10.9. The molecule has 9 heteroatoms. The number of aromatic amines is 1. The largest absolute Gasteiger partial charge is 0.355 e. The van der Waals surface area contributed by atoms with E-state index < -0.39 is 5.82 Å². The number of hydrogen-bond acceptors (Lipinski definition) is 7. The predicted octanol–water partition coefficient (Wildman–Crippen LogP) is 3.59. The summed E-state index contributed by atoms with van der Waals surface area (Å²) in [4.78, 5) is 12.0. The van der Waals surface area contributed by atoms with Crippen molar-refractivity contribution < 1.29 is 4.39 Å². The zero-order valence-electron chi connectivity index (χ0n) is 18.4. The van der Waals surface area contributed by atoms with Crippen LogP contribution in [0.4, 0.5) is 10.2 Å². The number of rotatable bonds is 4. The van der Waals surface area contributed by atoms with Gasteiger partial charge in [0.2, 0.25) is 0 Å². The third-order valence-corrected chi connectivity index (χ3v) is 6.36. The lowest BCUT2D eigenvalue weighted by Gasteiger charge is -2.32. The molecule has 1 aliphatic heterocycles. The molecule has 8 nitrogen and oxygen atoms in total. The van der Waals surface area contributed by atoms with Gasteiger partial charge in [0.25, 0.3) is 0 Å². The summed E-state index contributed by atoms with van der Waals surface area (Å²) in [6, 6.07) is 10.8. The van der Waals surface area contributed by atoms with Crippen molar-refractivity contribution in [3.8, 4) is 28.6 Å². The van der Waals surface area contributed by atoms with Crippen molar-refractivity contribution in [2.75, 3.05) is 25.0 Å². The number of hydrogen-bond donors (Lipinski definition) is 2. The molecule has 0 aliphatic carbocycles. The van der Waals surface area contributed by atoms with Gasteiger partial charge in [-0.1, -0.05) is 17.3 Å². The van der Waals surface area contributed by atoms with Crippen LogP contribution < -0.4 is 10.2 Å². The highest BCUT2D eigenvalue weighted by Crippen LogP contribution is 2.35. The first-order valence-corrected chi connectivity index (χ1v) is 10.9. The number of benzene rings is 2. The number of fused-ring (bicyclic) bond motifs is 1. The summed E-state index contributed by atoms with van der Waals surface area (Å²) in [5, 5.41) is 23.4. The smallest absolute Gasteiger partial charge is 0.147 e. The first-order chi connectivity index (χ1) is 16.1. The second-order valence-corrected chi connectivity index (χ2v) is 8.23. The predicted molar refractivity (Wildman–Crippen MR) is 124 cm³/mol. The van der Waals surface area contributed by atoms with Crippen LogP contribution in [0.15, 0.2) is 36.5 Å². The van der Waals surface area contributed by atoms with Crippen LogP contribution in [0, 0.1) is 24.1 Å². The number of aromatic nitrogens is 5. The Morgan fingerprint density at radius 1 is 1.18 bits per heavy atom. The van der Waals surface area contributed by atoms with Crippen molar-refractivity contribution in [2.24, 2.45) is 0 Å². The summed E-state index contributed by atoms with van der Waals surface area (Å²) < 4.78 is 14.5. The first kappa shape index (κ1) is 21.0. The Kier molecular flexibility index (Phi) is 5.44. The minimum Gasteiger partial charge on any atom is -0.355 e. The zero-order valence-corrected chi connectivity index (χ0v) is 18.4. The van der Waals surface area contributed by atoms with E-state index in [0.717, 1.165) is 53.9 Å². The Bertz CT molecular complexity index is 1360. The van der Waals surface area contributed by atoms with Crippen LogP contribution in [0.3, 0.4) is 0 Å². The molecule has 33 heavy (non-hydrogen) atoms. The molecule has 0 atom stereocenters. The van der Waals surface area contributed by atoms with Gasteiger partial charge in [0.15, 0.2) is 0 Å². The standard InChI is InChI=1S/C24H23FN8/c1-14-18(5-6-20-22(14)31-32-30-20)24-23(15-3-4-16(12-26)19(25)11-15)29-21(13-28-24)33-9-7-17(27-2)8-10-33/h3-6,11,13,17,27H,7-10H2,1-2H3,(H,30,31,32). The Morgan fingerprint density at radius 3 is 2.73 bits per heavy atom.